The molecule has 21 heavy (non-hydrogen) atoms. The molecule has 0 aromatic heterocycles. The molecule has 5 nitrogen and oxygen atoms in total. The van der Waals surface area contributed by atoms with Gasteiger partial charge in [0.25, 0.3) is 0 Å². The van der Waals surface area contributed by atoms with E-state index in [0.717, 1.165) is 19.3 Å². The number of nitrogens with zero attached hydrogens (tertiary/aromatic N) is 1. The molecule has 0 spiro atoms. The van der Waals surface area contributed by atoms with Crippen molar-refractivity contribution in [1.82, 2.24) is 4.72 Å². The van der Waals surface area contributed by atoms with Crippen molar-refractivity contribution in [3.8, 4) is 6.07 Å². The lowest BCUT2D eigenvalue weighted by Crippen LogP contribution is -2.25. The Kier molecular flexibility index (Phi) is 7.20. The standard InChI is InChI=1S/C15H23N3O2S/c1-2-3-4-5-6-7-10-18-21(19,20)15-9-8-14(17)11-13(15)12-16/h8-9,11,18H,2-7,10,17H2,1H3. The number of unbranched alkanes of at least 4 members (excludes halogenated alkanes) is 5. The molecule has 1 aromatic rings. The largest absolute Gasteiger partial charge is 0.399 e. The van der Waals surface area contributed by atoms with Crippen molar-refractivity contribution in [3.05, 3.63) is 23.8 Å². The van der Waals surface area contributed by atoms with E-state index in [2.05, 4.69) is 11.6 Å². The zero-order chi connectivity index (χ0) is 15.7. The smallest absolute Gasteiger partial charge is 0.241 e. The van der Waals surface area contributed by atoms with E-state index in [1.54, 1.807) is 0 Å². The molecule has 0 fully saturated rings. The van der Waals surface area contributed by atoms with Crippen molar-refractivity contribution in [1.29, 1.82) is 5.26 Å². The summed E-state index contributed by atoms with van der Waals surface area (Å²) in [6.07, 6.45) is 6.55. The van der Waals surface area contributed by atoms with Crippen molar-refractivity contribution in [2.75, 3.05) is 12.3 Å². The van der Waals surface area contributed by atoms with Crippen LogP contribution in [0, 0.1) is 11.3 Å². The van der Waals surface area contributed by atoms with Crippen LogP contribution in [0.5, 0.6) is 0 Å². The topological polar surface area (TPSA) is 96.0 Å². The second-order valence-corrected chi connectivity index (χ2v) is 6.77. The first-order chi connectivity index (χ1) is 10.0. The van der Waals surface area contributed by atoms with Gasteiger partial charge in [-0.3, -0.25) is 0 Å². The molecule has 0 radical (unpaired) electrons. The van der Waals surface area contributed by atoms with Gasteiger partial charge in [-0.25, -0.2) is 13.1 Å². The van der Waals surface area contributed by atoms with Crippen LogP contribution in [0.25, 0.3) is 0 Å². The summed E-state index contributed by atoms with van der Waals surface area (Å²) >= 11 is 0. The first kappa shape index (κ1) is 17.5. The molecule has 6 heteroatoms. The molecule has 3 N–H and O–H groups in total. The van der Waals surface area contributed by atoms with Gasteiger partial charge in [0.05, 0.1) is 10.5 Å². The summed E-state index contributed by atoms with van der Waals surface area (Å²) in [6.45, 7) is 2.55. The fourth-order valence-corrected chi connectivity index (χ4v) is 3.27. The minimum absolute atomic E-state index is 0.00909. The van der Waals surface area contributed by atoms with Gasteiger partial charge in [-0.15, -0.1) is 0 Å². The van der Waals surface area contributed by atoms with Crippen LogP contribution in [0.3, 0.4) is 0 Å². The fourth-order valence-electron chi connectivity index (χ4n) is 2.06. The van der Waals surface area contributed by atoms with Crippen LogP contribution in [0.4, 0.5) is 5.69 Å². The van der Waals surface area contributed by atoms with Gasteiger partial charge in [0.1, 0.15) is 6.07 Å². The molecule has 0 aliphatic rings. The number of nitrogens with one attached hydrogen (secondary N) is 1. The van der Waals surface area contributed by atoms with Gasteiger partial charge >= 0.3 is 0 Å². The third-order valence-electron chi connectivity index (χ3n) is 3.24. The molecule has 0 heterocycles. The highest BCUT2D eigenvalue weighted by molar-refractivity contribution is 7.89. The average Bonchev–Trinajstić information content (AvgIpc) is 2.45. The molecule has 116 valence electrons. The Labute approximate surface area is 127 Å². The van der Waals surface area contributed by atoms with Crippen LogP contribution in [0.15, 0.2) is 23.1 Å². The van der Waals surface area contributed by atoms with Gasteiger partial charge in [-0.05, 0) is 24.6 Å². The third-order valence-corrected chi connectivity index (χ3v) is 4.76. The average molecular weight is 309 g/mol. The van der Waals surface area contributed by atoms with E-state index in [9.17, 15) is 8.42 Å². The number of anilines is 1. The van der Waals surface area contributed by atoms with Crippen LogP contribution in [-0.4, -0.2) is 15.0 Å². The van der Waals surface area contributed by atoms with Gasteiger partial charge in [0, 0.05) is 12.2 Å². The highest BCUT2D eigenvalue weighted by atomic mass is 32.2. The van der Waals surface area contributed by atoms with Gasteiger partial charge in [-0.1, -0.05) is 39.0 Å². The molecule has 0 amide bonds. The van der Waals surface area contributed by atoms with Gasteiger partial charge in [0.2, 0.25) is 10.0 Å². The highest BCUT2D eigenvalue weighted by Crippen LogP contribution is 2.18. The van der Waals surface area contributed by atoms with Crippen LogP contribution >= 0.6 is 0 Å². The Morgan fingerprint density at radius 1 is 1.19 bits per heavy atom. The molecule has 0 aliphatic heterocycles. The number of hydrogen-bond donors (Lipinski definition) is 2. The van der Waals surface area contributed by atoms with E-state index in [4.69, 9.17) is 11.0 Å². The number of rotatable bonds is 9. The van der Waals surface area contributed by atoms with E-state index in [1.165, 1.54) is 37.5 Å². The van der Waals surface area contributed by atoms with Gasteiger partial charge < -0.3 is 5.73 Å². The summed E-state index contributed by atoms with van der Waals surface area (Å²) in [5.74, 6) is 0. The van der Waals surface area contributed by atoms with E-state index in [0.29, 0.717) is 12.2 Å². The summed E-state index contributed by atoms with van der Waals surface area (Å²) in [4.78, 5) is -0.00909. The fraction of sp³-hybridized carbons (Fsp3) is 0.533. The maximum atomic E-state index is 12.2. The number of sulfonamides is 1. The maximum absolute atomic E-state index is 12.2. The lowest BCUT2D eigenvalue weighted by Gasteiger charge is -2.08. The Balaban J connectivity index is 2.53. The van der Waals surface area contributed by atoms with Crippen LogP contribution in [0.1, 0.15) is 51.0 Å². The number of nitrogens with two attached hydrogens (primary N) is 1. The van der Waals surface area contributed by atoms with Crippen molar-refractivity contribution >= 4 is 15.7 Å². The summed E-state index contributed by atoms with van der Waals surface area (Å²) in [5, 5.41) is 9.00. The van der Waals surface area contributed by atoms with Crippen LogP contribution in [0.2, 0.25) is 0 Å². The number of nitrogen functional groups attached to an aromatic ring is 1. The Hall–Kier alpha value is -1.58. The van der Waals surface area contributed by atoms with Crippen LogP contribution < -0.4 is 10.5 Å². The second-order valence-electron chi connectivity index (χ2n) is 5.03. The van der Waals surface area contributed by atoms with E-state index < -0.39 is 10.0 Å². The summed E-state index contributed by atoms with van der Waals surface area (Å²) in [6, 6.07) is 6.10. The summed E-state index contributed by atoms with van der Waals surface area (Å²) < 4.78 is 26.9. The third kappa shape index (κ3) is 5.74. The first-order valence-corrected chi connectivity index (χ1v) is 8.79. The molecule has 0 saturated heterocycles. The molecule has 0 bridgehead atoms. The Morgan fingerprint density at radius 2 is 1.86 bits per heavy atom. The predicted octanol–water partition coefficient (Wildman–Crippen LogP) is 2.78. The van der Waals surface area contributed by atoms with Crippen molar-refractivity contribution in [2.24, 2.45) is 0 Å². The molecule has 1 rings (SSSR count). The minimum Gasteiger partial charge on any atom is -0.399 e. The zero-order valence-electron chi connectivity index (χ0n) is 12.4. The monoisotopic (exact) mass is 309 g/mol. The van der Waals surface area contributed by atoms with Crippen molar-refractivity contribution in [2.45, 2.75) is 50.3 Å². The summed E-state index contributed by atoms with van der Waals surface area (Å²) in [5.41, 5.74) is 6.01. The maximum Gasteiger partial charge on any atom is 0.241 e. The molecule has 0 unspecified atom stereocenters. The highest BCUT2D eigenvalue weighted by Gasteiger charge is 2.18. The SMILES string of the molecule is CCCCCCCCNS(=O)(=O)c1ccc(N)cc1C#N. The van der Waals surface area contributed by atoms with Crippen molar-refractivity contribution in [3.63, 3.8) is 0 Å². The molecule has 0 saturated carbocycles. The number of benzene rings is 1. The van der Waals surface area contributed by atoms with E-state index in [-0.39, 0.29) is 10.5 Å². The molecule has 0 aliphatic carbocycles. The van der Waals surface area contributed by atoms with Crippen LogP contribution in [-0.2, 0) is 10.0 Å². The second kappa shape index (κ2) is 8.65. The van der Waals surface area contributed by atoms with Crippen molar-refractivity contribution < 1.29 is 8.42 Å². The number of nitriles is 1. The van der Waals surface area contributed by atoms with E-state index >= 15 is 0 Å². The van der Waals surface area contributed by atoms with E-state index in [1.807, 2.05) is 6.07 Å². The number of hydrogen-bond acceptors (Lipinski definition) is 4. The Bertz CT molecular complexity index is 591. The molecule has 0 atom stereocenters. The lowest BCUT2D eigenvalue weighted by molar-refractivity contribution is 0.567. The normalized spacial score (nSPS) is 11.2. The first-order valence-electron chi connectivity index (χ1n) is 7.30. The lowest BCUT2D eigenvalue weighted by atomic mass is 10.1. The molecular formula is C15H23N3O2S. The predicted molar refractivity (Wildman–Crippen MR) is 84.1 cm³/mol. The molecule has 1 aromatic carbocycles. The summed E-state index contributed by atoms with van der Waals surface area (Å²) in [7, 11) is -3.65. The van der Waals surface area contributed by atoms with Gasteiger partial charge in [0.15, 0.2) is 0 Å². The molecular weight excluding hydrogens is 286 g/mol. The quantitative estimate of drug-likeness (QED) is 0.541. The Morgan fingerprint density at radius 3 is 2.52 bits per heavy atom. The van der Waals surface area contributed by atoms with Gasteiger partial charge in [-0.2, -0.15) is 5.26 Å². The zero-order valence-corrected chi connectivity index (χ0v) is 13.2. The minimum atomic E-state index is -3.65.